The van der Waals surface area contributed by atoms with Crippen LogP contribution in [-0.2, 0) is 9.59 Å². The molecule has 0 aromatic heterocycles. The summed E-state index contributed by atoms with van der Waals surface area (Å²) >= 11 is 0. The third kappa shape index (κ3) is 4.84. The molecule has 1 aliphatic heterocycles. The molecule has 1 aliphatic rings. The van der Waals surface area contributed by atoms with Crippen LogP contribution in [0.2, 0.25) is 0 Å². The summed E-state index contributed by atoms with van der Waals surface area (Å²) in [5, 5.41) is 5.70. The van der Waals surface area contributed by atoms with Crippen LogP contribution in [0.25, 0.3) is 0 Å². The van der Waals surface area contributed by atoms with Crippen molar-refractivity contribution in [3.63, 3.8) is 0 Å². The van der Waals surface area contributed by atoms with E-state index in [0.717, 1.165) is 12.8 Å². The van der Waals surface area contributed by atoms with Gasteiger partial charge in [-0.15, -0.1) is 0 Å². The zero-order valence-electron chi connectivity index (χ0n) is 16.1. The van der Waals surface area contributed by atoms with Gasteiger partial charge in [-0.3, -0.25) is 14.4 Å². The summed E-state index contributed by atoms with van der Waals surface area (Å²) in [4.78, 5) is 38.9. The first-order valence-electron chi connectivity index (χ1n) is 9.22. The lowest BCUT2D eigenvalue weighted by Crippen LogP contribution is -2.42. The van der Waals surface area contributed by atoms with Crippen molar-refractivity contribution in [1.29, 1.82) is 0 Å². The average Bonchev–Trinajstić information content (AvgIpc) is 2.98. The number of amides is 3. The van der Waals surface area contributed by atoms with Gasteiger partial charge in [-0.1, -0.05) is 25.5 Å². The third-order valence-electron chi connectivity index (χ3n) is 4.55. The summed E-state index contributed by atoms with van der Waals surface area (Å²) in [6, 6.07) is 6.95. The Kier molecular flexibility index (Phi) is 6.40. The second kappa shape index (κ2) is 8.34. The van der Waals surface area contributed by atoms with Crippen molar-refractivity contribution < 1.29 is 14.4 Å². The molecule has 3 amide bonds. The van der Waals surface area contributed by atoms with Crippen LogP contribution >= 0.6 is 0 Å². The van der Waals surface area contributed by atoms with Crippen molar-refractivity contribution in [3.8, 4) is 0 Å². The van der Waals surface area contributed by atoms with Gasteiger partial charge in [0.25, 0.3) is 5.91 Å². The van der Waals surface area contributed by atoms with E-state index in [1.54, 1.807) is 29.2 Å². The lowest BCUT2D eigenvalue weighted by atomic mass is 10.1. The van der Waals surface area contributed by atoms with Gasteiger partial charge in [0, 0.05) is 25.0 Å². The Morgan fingerprint density at radius 2 is 1.92 bits per heavy atom. The van der Waals surface area contributed by atoms with E-state index in [2.05, 4.69) is 17.6 Å². The molecule has 1 unspecified atom stereocenters. The second-order valence-electron chi connectivity index (χ2n) is 7.72. The van der Waals surface area contributed by atoms with Crippen LogP contribution < -0.4 is 10.6 Å². The Morgan fingerprint density at radius 3 is 2.54 bits per heavy atom. The molecule has 1 heterocycles. The second-order valence-corrected chi connectivity index (χ2v) is 7.72. The van der Waals surface area contributed by atoms with Crippen molar-refractivity contribution in [2.24, 2.45) is 5.92 Å². The van der Waals surface area contributed by atoms with E-state index >= 15 is 0 Å². The highest BCUT2D eigenvalue weighted by atomic mass is 16.2. The number of benzene rings is 1. The van der Waals surface area contributed by atoms with Crippen LogP contribution in [0.4, 0.5) is 5.69 Å². The lowest BCUT2D eigenvalue weighted by Gasteiger charge is -2.31. The quantitative estimate of drug-likeness (QED) is 0.767. The monoisotopic (exact) mass is 359 g/mol. The molecule has 1 fully saturated rings. The fourth-order valence-electron chi connectivity index (χ4n) is 3.03. The fourth-order valence-corrected chi connectivity index (χ4v) is 3.03. The number of para-hydroxylation sites is 1. The number of hydrogen-bond acceptors (Lipinski definition) is 3. The largest absolute Gasteiger partial charge is 0.352 e. The smallest absolute Gasteiger partial charge is 0.253 e. The Hall–Kier alpha value is -2.37. The van der Waals surface area contributed by atoms with Gasteiger partial charge in [-0.25, -0.2) is 0 Å². The molecule has 6 heteroatoms. The van der Waals surface area contributed by atoms with Gasteiger partial charge in [-0.05, 0) is 39.3 Å². The van der Waals surface area contributed by atoms with Crippen LogP contribution in [0.1, 0.15) is 57.3 Å². The summed E-state index contributed by atoms with van der Waals surface area (Å²) in [6.45, 7) is 8.95. The normalized spacial score (nSPS) is 17.3. The molecule has 0 aliphatic carbocycles. The summed E-state index contributed by atoms with van der Waals surface area (Å²) in [7, 11) is 0. The van der Waals surface area contributed by atoms with E-state index < -0.39 is 5.92 Å². The fraction of sp³-hybridized carbons (Fsp3) is 0.550. The molecule has 0 spiro atoms. The Balaban J connectivity index is 2.06. The third-order valence-corrected chi connectivity index (χ3v) is 4.55. The Bertz CT molecular complexity index is 679. The first kappa shape index (κ1) is 19.9. The van der Waals surface area contributed by atoms with Gasteiger partial charge >= 0.3 is 0 Å². The van der Waals surface area contributed by atoms with E-state index in [4.69, 9.17) is 0 Å². The number of unbranched alkanes of at least 4 members (excludes halogenated alkanes) is 1. The number of carbonyl (C=O) groups excluding carboxylic acids is 3. The lowest BCUT2D eigenvalue weighted by molar-refractivity contribution is -0.131. The topological polar surface area (TPSA) is 78.5 Å². The maximum atomic E-state index is 12.6. The molecular weight excluding hydrogens is 330 g/mol. The molecule has 6 nitrogen and oxygen atoms in total. The van der Waals surface area contributed by atoms with Crippen LogP contribution in [0.15, 0.2) is 24.3 Å². The SMILES string of the molecule is CCCCNC(=O)c1ccccc1NC(=O)C1CC(=O)N(C(C)(C)C)C1. The van der Waals surface area contributed by atoms with Crippen molar-refractivity contribution >= 4 is 23.4 Å². The van der Waals surface area contributed by atoms with E-state index in [1.165, 1.54) is 0 Å². The first-order chi connectivity index (χ1) is 12.2. The van der Waals surface area contributed by atoms with Gasteiger partial charge in [-0.2, -0.15) is 0 Å². The number of rotatable bonds is 6. The van der Waals surface area contributed by atoms with Crippen LogP contribution in [0.5, 0.6) is 0 Å². The predicted molar refractivity (Wildman–Crippen MR) is 102 cm³/mol. The molecule has 1 aromatic rings. The number of hydrogen-bond donors (Lipinski definition) is 2. The van der Waals surface area contributed by atoms with Gasteiger partial charge < -0.3 is 15.5 Å². The highest BCUT2D eigenvalue weighted by Gasteiger charge is 2.39. The molecule has 0 bridgehead atoms. The van der Waals surface area contributed by atoms with E-state index in [0.29, 0.717) is 24.3 Å². The molecule has 26 heavy (non-hydrogen) atoms. The maximum Gasteiger partial charge on any atom is 0.253 e. The van der Waals surface area contributed by atoms with E-state index in [1.807, 2.05) is 20.8 Å². The minimum Gasteiger partial charge on any atom is -0.352 e. The summed E-state index contributed by atoms with van der Waals surface area (Å²) < 4.78 is 0. The van der Waals surface area contributed by atoms with E-state index in [9.17, 15) is 14.4 Å². The van der Waals surface area contributed by atoms with E-state index in [-0.39, 0.29) is 29.7 Å². The molecule has 0 saturated carbocycles. The first-order valence-corrected chi connectivity index (χ1v) is 9.22. The number of nitrogens with one attached hydrogen (secondary N) is 2. The average molecular weight is 359 g/mol. The van der Waals surface area contributed by atoms with Crippen molar-refractivity contribution in [2.45, 2.75) is 52.5 Å². The predicted octanol–water partition coefficient (Wildman–Crippen LogP) is 2.80. The molecule has 1 atom stereocenters. The Morgan fingerprint density at radius 1 is 1.23 bits per heavy atom. The zero-order chi connectivity index (χ0) is 19.3. The molecule has 1 aromatic carbocycles. The number of anilines is 1. The Labute approximate surface area is 155 Å². The van der Waals surface area contributed by atoms with Crippen LogP contribution in [0, 0.1) is 5.92 Å². The van der Waals surface area contributed by atoms with Gasteiger partial charge in [0.2, 0.25) is 11.8 Å². The minimum absolute atomic E-state index is 0.0109. The van der Waals surface area contributed by atoms with Crippen molar-refractivity contribution in [3.05, 3.63) is 29.8 Å². The number of carbonyl (C=O) groups is 3. The standard InChI is InChI=1S/C20H29N3O3/c1-5-6-11-21-19(26)15-9-7-8-10-16(15)22-18(25)14-12-17(24)23(13-14)20(2,3)4/h7-10,14H,5-6,11-13H2,1-4H3,(H,21,26)(H,22,25). The highest BCUT2D eigenvalue weighted by molar-refractivity contribution is 6.05. The maximum absolute atomic E-state index is 12.6. The van der Waals surface area contributed by atoms with Crippen LogP contribution in [0.3, 0.4) is 0 Å². The number of nitrogens with zero attached hydrogens (tertiary/aromatic N) is 1. The molecule has 142 valence electrons. The zero-order valence-corrected chi connectivity index (χ0v) is 16.1. The van der Waals surface area contributed by atoms with Gasteiger partial charge in [0.15, 0.2) is 0 Å². The summed E-state index contributed by atoms with van der Waals surface area (Å²) in [6.07, 6.45) is 2.11. The molecular formula is C20H29N3O3. The molecule has 2 N–H and O–H groups in total. The molecule has 2 rings (SSSR count). The minimum atomic E-state index is -0.405. The van der Waals surface area contributed by atoms with Crippen LogP contribution in [-0.4, -0.2) is 41.2 Å². The van der Waals surface area contributed by atoms with Gasteiger partial charge in [0.1, 0.15) is 0 Å². The van der Waals surface area contributed by atoms with Crippen molar-refractivity contribution in [1.82, 2.24) is 10.2 Å². The summed E-state index contributed by atoms with van der Waals surface area (Å²) in [5.41, 5.74) is 0.616. The molecule has 0 radical (unpaired) electrons. The van der Waals surface area contributed by atoms with Gasteiger partial charge in [0.05, 0.1) is 17.2 Å². The van der Waals surface area contributed by atoms with Crippen molar-refractivity contribution in [2.75, 3.05) is 18.4 Å². The summed E-state index contributed by atoms with van der Waals surface area (Å²) in [5.74, 6) is -0.840. The molecule has 1 saturated heterocycles. The highest BCUT2D eigenvalue weighted by Crippen LogP contribution is 2.27. The number of likely N-dealkylation sites (tertiary alicyclic amines) is 1.